The fourth-order valence-corrected chi connectivity index (χ4v) is 4.11. The molecule has 7 heteroatoms. The predicted octanol–water partition coefficient (Wildman–Crippen LogP) is 3.74. The lowest BCUT2D eigenvalue weighted by Gasteiger charge is -2.11. The van der Waals surface area contributed by atoms with Crippen molar-refractivity contribution in [3.8, 4) is 11.3 Å². The predicted molar refractivity (Wildman–Crippen MR) is 106 cm³/mol. The quantitative estimate of drug-likeness (QED) is 0.497. The van der Waals surface area contributed by atoms with E-state index in [1.54, 1.807) is 12.1 Å². The first-order valence-corrected chi connectivity index (χ1v) is 9.88. The molecule has 134 valence electrons. The Bertz CT molecular complexity index is 1160. The van der Waals surface area contributed by atoms with Gasteiger partial charge in [-0.05, 0) is 30.5 Å². The molecule has 2 aromatic heterocycles. The maximum Gasteiger partial charge on any atom is 0.278 e. The highest BCUT2D eigenvalue weighted by Gasteiger charge is 2.29. The average molecular weight is 375 g/mol. The van der Waals surface area contributed by atoms with Crippen molar-refractivity contribution in [1.29, 1.82) is 0 Å². The van der Waals surface area contributed by atoms with E-state index in [2.05, 4.69) is 32.0 Å². The van der Waals surface area contributed by atoms with Crippen LogP contribution in [0, 0.1) is 0 Å². The van der Waals surface area contributed by atoms with E-state index in [4.69, 9.17) is 0 Å². The van der Waals surface area contributed by atoms with E-state index in [9.17, 15) is 4.79 Å². The van der Waals surface area contributed by atoms with Crippen molar-refractivity contribution in [2.24, 2.45) is 0 Å². The van der Waals surface area contributed by atoms with Crippen molar-refractivity contribution < 1.29 is 0 Å². The van der Waals surface area contributed by atoms with Gasteiger partial charge in [0.1, 0.15) is 5.52 Å². The summed E-state index contributed by atoms with van der Waals surface area (Å²) in [5.74, 6) is 0.384. The summed E-state index contributed by atoms with van der Waals surface area (Å²) in [4.78, 5) is 17.3. The number of benzene rings is 2. The Morgan fingerprint density at radius 2 is 1.81 bits per heavy atom. The zero-order valence-corrected chi connectivity index (χ0v) is 15.3. The van der Waals surface area contributed by atoms with Crippen LogP contribution >= 0.6 is 11.8 Å². The largest absolute Gasteiger partial charge is 0.316 e. The van der Waals surface area contributed by atoms with Gasteiger partial charge in [-0.15, -0.1) is 5.10 Å². The van der Waals surface area contributed by atoms with Gasteiger partial charge in [0, 0.05) is 6.04 Å². The molecular weight excluding hydrogens is 358 g/mol. The first-order chi connectivity index (χ1) is 13.3. The van der Waals surface area contributed by atoms with Gasteiger partial charge in [0.2, 0.25) is 0 Å². The number of hydrogen-bond acceptors (Lipinski definition) is 5. The molecule has 4 aromatic rings. The first-order valence-electron chi connectivity index (χ1n) is 8.89. The fraction of sp³-hybridized carbons (Fsp3) is 0.200. The number of rotatable bonds is 5. The van der Waals surface area contributed by atoms with Crippen molar-refractivity contribution in [2.45, 2.75) is 29.9 Å². The van der Waals surface area contributed by atoms with Gasteiger partial charge in [-0.3, -0.25) is 4.79 Å². The van der Waals surface area contributed by atoms with Crippen molar-refractivity contribution in [1.82, 2.24) is 24.5 Å². The maximum atomic E-state index is 12.6. The molecule has 0 radical (unpaired) electrons. The van der Waals surface area contributed by atoms with Crippen LogP contribution in [-0.4, -0.2) is 24.5 Å². The summed E-state index contributed by atoms with van der Waals surface area (Å²) in [5.41, 5.74) is 2.78. The van der Waals surface area contributed by atoms with E-state index in [-0.39, 0.29) is 5.56 Å². The summed E-state index contributed by atoms with van der Waals surface area (Å²) < 4.78 is 3.70. The molecule has 5 rings (SSSR count). The Balaban J connectivity index is 1.46. The van der Waals surface area contributed by atoms with Gasteiger partial charge < -0.3 is 4.57 Å². The minimum absolute atomic E-state index is 0.124. The molecule has 0 bridgehead atoms. The standard InChI is InChI=1S/C20H17N5OS/c26-19-16-8-4-5-9-17(16)22-23-24(19)13-27-20-21-12-18(25(20)15-10-11-15)14-6-2-1-3-7-14/h1-9,12,15H,10-11,13H2. The number of imidazole rings is 1. The van der Waals surface area contributed by atoms with Crippen LogP contribution in [0.3, 0.4) is 0 Å². The third-order valence-corrected chi connectivity index (χ3v) is 5.62. The van der Waals surface area contributed by atoms with Gasteiger partial charge in [-0.2, -0.15) is 4.68 Å². The van der Waals surface area contributed by atoms with Crippen molar-refractivity contribution in [3.63, 3.8) is 0 Å². The van der Waals surface area contributed by atoms with E-state index < -0.39 is 0 Å². The zero-order valence-electron chi connectivity index (χ0n) is 14.5. The normalized spacial score (nSPS) is 13.9. The SMILES string of the molecule is O=c1c2ccccc2nnn1CSc1ncc(-c2ccccc2)n1C1CC1. The minimum Gasteiger partial charge on any atom is -0.316 e. The van der Waals surface area contributed by atoms with E-state index in [1.807, 2.05) is 36.5 Å². The van der Waals surface area contributed by atoms with Crippen molar-refractivity contribution >= 4 is 22.7 Å². The Kier molecular flexibility index (Phi) is 4.01. The zero-order chi connectivity index (χ0) is 18.2. The number of aromatic nitrogens is 5. The third-order valence-electron chi connectivity index (χ3n) is 4.69. The number of nitrogens with zero attached hydrogens (tertiary/aromatic N) is 5. The van der Waals surface area contributed by atoms with Gasteiger partial charge in [-0.25, -0.2) is 4.98 Å². The molecule has 6 nitrogen and oxygen atoms in total. The molecule has 0 amide bonds. The van der Waals surface area contributed by atoms with E-state index in [0.717, 1.165) is 16.4 Å². The van der Waals surface area contributed by atoms with Gasteiger partial charge >= 0.3 is 0 Å². The molecule has 0 atom stereocenters. The van der Waals surface area contributed by atoms with Crippen molar-refractivity contribution in [3.05, 3.63) is 71.1 Å². The second-order valence-electron chi connectivity index (χ2n) is 6.58. The molecule has 0 N–H and O–H groups in total. The van der Waals surface area contributed by atoms with Gasteiger partial charge in [0.15, 0.2) is 5.16 Å². The van der Waals surface area contributed by atoms with Crippen LogP contribution in [0.4, 0.5) is 0 Å². The molecule has 0 saturated heterocycles. The van der Waals surface area contributed by atoms with Crippen LogP contribution in [0.5, 0.6) is 0 Å². The highest BCUT2D eigenvalue weighted by atomic mass is 32.2. The highest BCUT2D eigenvalue weighted by molar-refractivity contribution is 7.98. The van der Waals surface area contributed by atoms with Crippen LogP contribution < -0.4 is 5.56 Å². The summed E-state index contributed by atoms with van der Waals surface area (Å²) >= 11 is 1.52. The summed E-state index contributed by atoms with van der Waals surface area (Å²) in [6.45, 7) is 0. The first kappa shape index (κ1) is 16.3. The number of thioether (sulfide) groups is 1. The van der Waals surface area contributed by atoms with Crippen LogP contribution in [0.15, 0.2) is 70.7 Å². The van der Waals surface area contributed by atoms with Gasteiger partial charge in [-0.1, -0.05) is 59.4 Å². The molecule has 1 fully saturated rings. The third kappa shape index (κ3) is 3.04. The molecule has 2 aromatic carbocycles. The molecular formula is C20H17N5OS. The van der Waals surface area contributed by atoms with Crippen molar-refractivity contribution in [2.75, 3.05) is 0 Å². The molecule has 27 heavy (non-hydrogen) atoms. The summed E-state index contributed by atoms with van der Waals surface area (Å²) in [5, 5.41) is 9.72. The Labute approximate surface area is 159 Å². The monoisotopic (exact) mass is 375 g/mol. The minimum atomic E-state index is -0.124. The molecule has 1 aliphatic rings. The smallest absolute Gasteiger partial charge is 0.278 e. The Hall–Kier alpha value is -2.93. The van der Waals surface area contributed by atoms with E-state index in [1.165, 1.54) is 29.3 Å². The van der Waals surface area contributed by atoms with E-state index in [0.29, 0.717) is 22.8 Å². The molecule has 2 heterocycles. The summed E-state index contributed by atoms with van der Waals surface area (Å²) in [7, 11) is 0. The molecule has 1 saturated carbocycles. The number of fused-ring (bicyclic) bond motifs is 1. The Morgan fingerprint density at radius 1 is 1.04 bits per heavy atom. The average Bonchev–Trinajstić information content (AvgIpc) is 3.47. The highest BCUT2D eigenvalue weighted by Crippen LogP contribution is 2.42. The van der Waals surface area contributed by atoms with Gasteiger partial charge in [0.25, 0.3) is 5.56 Å². The van der Waals surface area contributed by atoms with E-state index >= 15 is 0 Å². The van der Waals surface area contributed by atoms with Crippen LogP contribution in [0.1, 0.15) is 18.9 Å². The summed E-state index contributed by atoms with van der Waals surface area (Å²) in [6.07, 6.45) is 4.25. The van der Waals surface area contributed by atoms with Crippen LogP contribution in [0.25, 0.3) is 22.2 Å². The Morgan fingerprint density at radius 3 is 2.63 bits per heavy atom. The topological polar surface area (TPSA) is 65.6 Å². The van der Waals surface area contributed by atoms with Gasteiger partial charge in [0.05, 0.1) is 23.2 Å². The second-order valence-corrected chi connectivity index (χ2v) is 7.49. The second kappa shape index (κ2) is 6.66. The molecule has 0 aliphatic heterocycles. The molecule has 0 spiro atoms. The number of hydrogen-bond donors (Lipinski definition) is 0. The molecule has 0 unspecified atom stereocenters. The molecule has 1 aliphatic carbocycles. The van der Waals surface area contributed by atoms with Crippen LogP contribution in [0.2, 0.25) is 0 Å². The summed E-state index contributed by atoms with van der Waals surface area (Å²) in [6, 6.07) is 18.1. The lowest BCUT2D eigenvalue weighted by molar-refractivity contribution is 0.634. The van der Waals surface area contributed by atoms with Crippen LogP contribution in [-0.2, 0) is 5.88 Å². The lowest BCUT2D eigenvalue weighted by Crippen LogP contribution is -2.23. The maximum absolute atomic E-state index is 12.6. The lowest BCUT2D eigenvalue weighted by atomic mass is 10.2. The fourth-order valence-electron chi connectivity index (χ4n) is 3.19.